The predicted molar refractivity (Wildman–Crippen MR) is 59.5 cm³/mol. The van der Waals surface area contributed by atoms with Crippen molar-refractivity contribution >= 4 is 0 Å². The Hall–Kier alpha value is -0.120. The number of hydrogen-bond donors (Lipinski definition) is 2. The van der Waals surface area contributed by atoms with Gasteiger partial charge in [0.2, 0.25) is 0 Å². The van der Waals surface area contributed by atoms with Gasteiger partial charge < -0.3 is 15.2 Å². The highest BCUT2D eigenvalue weighted by molar-refractivity contribution is 4.74. The van der Waals surface area contributed by atoms with E-state index in [2.05, 4.69) is 19.2 Å². The Morgan fingerprint density at radius 1 is 1.29 bits per heavy atom. The third-order valence-corrected chi connectivity index (χ3v) is 1.99. The highest BCUT2D eigenvalue weighted by atomic mass is 16.5. The van der Waals surface area contributed by atoms with E-state index in [0.29, 0.717) is 13.2 Å². The van der Waals surface area contributed by atoms with Crippen molar-refractivity contribution in [3.63, 3.8) is 0 Å². The summed E-state index contributed by atoms with van der Waals surface area (Å²) in [6.45, 7) is 8.77. The molecule has 0 heterocycles. The zero-order valence-electron chi connectivity index (χ0n) is 9.81. The van der Waals surface area contributed by atoms with Gasteiger partial charge in [-0.05, 0) is 26.3 Å². The van der Waals surface area contributed by atoms with Gasteiger partial charge in [-0.2, -0.15) is 0 Å². The Morgan fingerprint density at radius 2 is 2.00 bits per heavy atom. The SMILES string of the molecule is CCCCOCC(C)(O)CNCCC. The topological polar surface area (TPSA) is 41.5 Å². The Morgan fingerprint density at radius 3 is 2.57 bits per heavy atom. The van der Waals surface area contributed by atoms with Crippen LogP contribution in [0.2, 0.25) is 0 Å². The van der Waals surface area contributed by atoms with Crippen LogP contribution < -0.4 is 5.32 Å². The summed E-state index contributed by atoms with van der Waals surface area (Å²) < 4.78 is 5.38. The molecular weight excluding hydrogens is 178 g/mol. The number of aliphatic hydroxyl groups is 1. The average molecular weight is 203 g/mol. The summed E-state index contributed by atoms with van der Waals surface area (Å²) >= 11 is 0. The quantitative estimate of drug-likeness (QED) is 0.559. The van der Waals surface area contributed by atoms with Gasteiger partial charge in [-0.25, -0.2) is 0 Å². The van der Waals surface area contributed by atoms with Crippen molar-refractivity contribution in [3.8, 4) is 0 Å². The zero-order chi connectivity index (χ0) is 10.9. The normalized spacial score (nSPS) is 15.4. The largest absolute Gasteiger partial charge is 0.386 e. The first-order chi connectivity index (χ1) is 6.62. The Kier molecular flexibility index (Phi) is 8.14. The molecule has 0 aromatic carbocycles. The number of hydrogen-bond acceptors (Lipinski definition) is 3. The van der Waals surface area contributed by atoms with Crippen LogP contribution in [0, 0.1) is 0 Å². The maximum Gasteiger partial charge on any atom is 0.0975 e. The average Bonchev–Trinajstić information content (AvgIpc) is 2.13. The van der Waals surface area contributed by atoms with Crippen molar-refractivity contribution in [2.45, 2.75) is 45.6 Å². The molecule has 0 aliphatic rings. The summed E-state index contributed by atoms with van der Waals surface area (Å²) in [7, 11) is 0. The van der Waals surface area contributed by atoms with Gasteiger partial charge in [0.1, 0.15) is 0 Å². The second-order valence-corrected chi connectivity index (χ2v) is 4.08. The third kappa shape index (κ3) is 8.48. The number of nitrogens with one attached hydrogen (secondary N) is 1. The van der Waals surface area contributed by atoms with E-state index >= 15 is 0 Å². The molecule has 0 rings (SSSR count). The van der Waals surface area contributed by atoms with E-state index in [-0.39, 0.29) is 0 Å². The number of rotatable bonds is 9. The van der Waals surface area contributed by atoms with Crippen molar-refractivity contribution in [1.29, 1.82) is 0 Å². The van der Waals surface area contributed by atoms with Crippen LogP contribution in [0.4, 0.5) is 0 Å². The summed E-state index contributed by atoms with van der Waals surface area (Å²) in [6.07, 6.45) is 3.29. The predicted octanol–water partition coefficient (Wildman–Crippen LogP) is 1.55. The van der Waals surface area contributed by atoms with Crippen molar-refractivity contribution in [1.82, 2.24) is 5.32 Å². The smallest absolute Gasteiger partial charge is 0.0975 e. The molecule has 1 atom stereocenters. The van der Waals surface area contributed by atoms with Crippen LogP contribution in [0.3, 0.4) is 0 Å². The molecule has 14 heavy (non-hydrogen) atoms. The maximum absolute atomic E-state index is 9.85. The monoisotopic (exact) mass is 203 g/mol. The van der Waals surface area contributed by atoms with Gasteiger partial charge >= 0.3 is 0 Å². The fourth-order valence-corrected chi connectivity index (χ4v) is 1.12. The fourth-order valence-electron chi connectivity index (χ4n) is 1.12. The minimum absolute atomic E-state index is 0.420. The van der Waals surface area contributed by atoms with Gasteiger partial charge in [-0.3, -0.25) is 0 Å². The second-order valence-electron chi connectivity index (χ2n) is 4.08. The zero-order valence-corrected chi connectivity index (χ0v) is 9.81. The lowest BCUT2D eigenvalue weighted by Gasteiger charge is -2.23. The standard InChI is InChI=1S/C11H25NO2/c1-4-6-8-14-10-11(3,13)9-12-7-5-2/h12-13H,4-10H2,1-3H3. The molecule has 0 fully saturated rings. The molecule has 0 aromatic heterocycles. The van der Waals surface area contributed by atoms with E-state index in [1.807, 2.05) is 6.92 Å². The molecule has 0 amide bonds. The molecule has 3 nitrogen and oxygen atoms in total. The summed E-state index contributed by atoms with van der Waals surface area (Å²) in [6, 6.07) is 0. The molecule has 0 radical (unpaired) electrons. The van der Waals surface area contributed by atoms with Crippen LogP contribution in [0.1, 0.15) is 40.0 Å². The van der Waals surface area contributed by atoms with Crippen molar-refractivity contribution in [2.75, 3.05) is 26.3 Å². The van der Waals surface area contributed by atoms with Gasteiger partial charge in [0.05, 0.1) is 12.2 Å². The lowest BCUT2D eigenvalue weighted by Crippen LogP contribution is -2.42. The minimum atomic E-state index is -0.733. The van der Waals surface area contributed by atoms with Gasteiger partial charge in [-0.1, -0.05) is 20.3 Å². The molecule has 0 spiro atoms. The molecular formula is C11H25NO2. The molecule has 2 N–H and O–H groups in total. The Balaban J connectivity index is 3.40. The van der Waals surface area contributed by atoms with E-state index in [1.165, 1.54) is 0 Å². The van der Waals surface area contributed by atoms with Crippen molar-refractivity contribution in [2.24, 2.45) is 0 Å². The molecule has 1 unspecified atom stereocenters. The minimum Gasteiger partial charge on any atom is -0.386 e. The van der Waals surface area contributed by atoms with Crippen LogP contribution in [0.5, 0.6) is 0 Å². The first-order valence-corrected chi connectivity index (χ1v) is 5.63. The van der Waals surface area contributed by atoms with Crippen LogP contribution in [0.15, 0.2) is 0 Å². The van der Waals surface area contributed by atoms with Crippen LogP contribution in [-0.2, 0) is 4.74 Å². The van der Waals surface area contributed by atoms with Crippen LogP contribution in [-0.4, -0.2) is 37.0 Å². The molecule has 3 heteroatoms. The lowest BCUT2D eigenvalue weighted by molar-refractivity contribution is -0.0327. The van der Waals surface area contributed by atoms with Crippen molar-refractivity contribution in [3.05, 3.63) is 0 Å². The highest BCUT2D eigenvalue weighted by Gasteiger charge is 2.19. The summed E-state index contributed by atoms with van der Waals surface area (Å²) in [5.74, 6) is 0. The highest BCUT2D eigenvalue weighted by Crippen LogP contribution is 2.02. The second kappa shape index (κ2) is 8.21. The molecule has 0 aliphatic carbocycles. The number of ether oxygens (including phenoxy) is 1. The lowest BCUT2D eigenvalue weighted by atomic mass is 10.1. The van der Waals surface area contributed by atoms with E-state index in [1.54, 1.807) is 0 Å². The first-order valence-electron chi connectivity index (χ1n) is 5.63. The molecule has 86 valence electrons. The van der Waals surface area contributed by atoms with E-state index in [9.17, 15) is 5.11 Å². The first kappa shape index (κ1) is 13.9. The maximum atomic E-state index is 9.85. The molecule has 0 saturated carbocycles. The van der Waals surface area contributed by atoms with Gasteiger partial charge in [0.15, 0.2) is 0 Å². The Labute approximate surface area is 87.8 Å². The molecule has 0 saturated heterocycles. The van der Waals surface area contributed by atoms with Crippen molar-refractivity contribution < 1.29 is 9.84 Å². The van der Waals surface area contributed by atoms with Gasteiger partial charge in [-0.15, -0.1) is 0 Å². The molecule has 0 aromatic rings. The van der Waals surface area contributed by atoms with E-state index in [0.717, 1.165) is 32.4 Å². The van der Waals surface area contributed by atoms with Crippen LogP contribution in [0.25, 0.3) is 0 Å². The molecule has 0 bridgehead atoms. The summed E-state index contributed by atoms with van der Waals surface area (Å²) in [5, 5.41) is 13.0. The summed E-state index contributed by atoms with van der Waals surface area (Å²) in [4.78, 5) is 0. The van der Waals surface area contributed by atoms with Gasteiger partial charge in [0.25, 0.3) is 0 Å². The van der Waals surface area contributed by atoms with Crippen LogP contribution >= 0.6 is 0 Å². The molecule has 0 aliphatic heterocycles. The van der Waals surface area contributed by atoms with E-state index in [4.69, 9.17) is 4.74 Å². The Bertz CT molecular complexity index is 126. The summed E-state index contributed by atoms with van der Waals surface area (Å²) in [5.41, 5.74) is -0.733. The number of unbranched alkanes of at least 4 members (excludes halogenated alkanes) is 1. The fraction of sp³-hybridized carbons (Fsp3) is 1.00. The van der Waals surface area contributed by atoms with Gasteiger partial charge in [0, 0.05) is 13.2 Å². The van der Waals surface area contributed by atoms with E-state index < -0.39 is 5.60 Å². The third-order valence-electron chi connectivity index (χ3n) is 1.99.